The standard InChI is InChI=1S/C19H20F2N2O2/c20-14-5-8-17(21)16(9-14)18(24)11-23(15-6-7-15)10-12-1-3-13(4-2-12)19(22)25/h1-5,8-9,15,18,24H,6-7,10-11H2,(H2,22,25). The van der Waals surface area contributed by atoms with Gasteiger partial charge in [-0.3, -0.25) is 9.69 Å². The number of amides is 1. The third kappa shape index (κ3) is 4.41. The molecule has 0 radical (unpaired) electrons. The lowest BCUT2D eigenvalue weighted by atomic mass is 10.1. The molecule has 6 heteroatoms. The third-order valence-electron chi connectivity index (χ3n) is 4.41. The van der Waals surface area contributed by atoms with Crippen LogP contribution in [0.2, 0.25) is 0 Å². The first-order valence-electron chi connectivity index (χ1n) is 8.20. The molecule has 1 fully saturated rings. The van der Waals surface area contributed by atoms with Crippen LogP contribution in [0, 0.1) is 11.6 Å². The summed E-state index contributed by atoms with van der Waals surface area (Å²) < 4.78 is 27.2. The average Bonchev–Trinajstić information content (AvgIpc) is 3.42. The number of benzene rings is 2. The lowest BCUT2D eigenvalue weighted by Gasteiger charge is -2.25. The molecular formula is C19H20F2N2O2. The maximum atomic E-state index is 13.8. The second kappa shape index (κ2) is 7.29. The number of primary amides is 1. The first kappa shape index (κ1) is 17.5. The van der Waals surface area contributed by atoms with E-state index in [-0.39, 0.29) is 12.1 Å². The van der Waals surface area contributed by atoms with E-state index in [1.54, 1.807) is 12.1 Å². The maximum Gasteiger partial charge on any atom is 0.248 e. The van der Waals surface area contributed by atoms with E-state index in [4.69, 9.17) is 5.73 Å². The predicted octanol–water partition coefficient (Wildman–Crippen LogP) is 2.76. The van der Waals surface area contributed by atoms with E-state index in [9.17, 15) is 18.7 Å². The summed E-state index contributed by atoms with van der Waals surface area (Å²) in [5.41, 5.74) is 6.59. The average molecular weight is 346 g/mol. The summed E-state index contributed by atoms with van der Waals surface area (Å²) in [7, 11) is 0. The molecule has 0 spiro atoms. The Morgan fingerprint density at radius 2 is 1.88 bits per heavy atom. The van der Waals surface area contributed by atoms with Gasteiger partial charge in [0, 0.05) is 30.3 Å². The van der Waals surface area contributed by atoms with E-state index in [1.165, 1.54) is 0 Å². The largest absolute Gasteiger partial charge is 0.387 e. The van der Waals surface area contributed by atoms with E-state index in [0.29, 0.717) is 18.2 Å². The van der Waals surface area contributed by atoms with Gasteiger partial charge in [-0.25, -0.2) is 8.78 Å². The molecule has 0 saturated heterocycles. The topological polar surface area (TPSA) is 66.6 Å². The maximum absolute atomic E-state index is 13.8. The second-order valence-corrected chi connectivity index (χ2v) is 6.40. The minimum absolute atomic E-state index is 0.0327. The van der Waals surface area contributed by atoms with Crippen molar-refractivity contribution in [2.45, 2.75) is 31.5 Å². The van der Waals surface area contributed by atoms with Crippen molar-refractivity contribution < 1.29 is 18.7 Å². The highest BCUT2D eigenvalue weighted by Gasteiger charge is 2.31. The van der Waals surface area contributed by atoms with Crippen LogP contribution in [0.1, 0.15) is 40.4 Å². The number of aliphatic hydroxyl groups excluding tert-OH is 1. The number of aliphatic hydroxyl groups is 1. The molecule has 3 N–H and O–H groups in total. The van der Waals surface area contributed by atoms with Crippen LogP contribution in [0.5, 0.6) is 0 Å². The van der Waals surface area contributed by atoms with Crippen molar-refractivity contribution in [3.05, 3.63) is 70.8 Å². The van der Waals surface area contributed by atoms with E-state index in [0.717, 1.165) is 36.6 Å². The molecule has 132 valence electrons. The Hall–Kier alpha value is -2.31. The van der Waals surface area contributed by atoms with Crippen LogP contribution < -0.4 is 5.73 Å². The number of nitrogens with two attached hydrogens (primary N) is 1. The van der Waals surface area contributed by atoms with Crippen molar-refractivity contribution in [1.29, 1.82) is 0 Å². The molecule has 3 rings (SSSR count). The SMILES string of the molecule is NC(=O)c1ccc(CN(CC(O)c2cc(F)ccc2F)C2CC2)cc1. The monoisotopic (exact) mass is 346 g/mol. The van der Waals surface area contributed by atoms with Crippen LogP contribution in [0.25, 0.3) is 0 Å². The Kier molecular flexibility index (Phi) is 5.11. The van der Waals surface area contributed by atoms with Crippen molar-refractivity contribution in [3.63, 3.8) is 0 Å². The number of halogens is 2. The van der Waals surface area contributed by atoms with E-state index >= 15 is 0 Å². The Morgan fingerprint density at radius 3 is 2.48 bits per heavy atom. The van der Waals surface area contributed by atoms with Crippen LogP contribution in [0.15, 0.2) is 42.5 Å². The van der Waals surface area contributed by atoms with Gasteiger partial charge in [-0.15, -0.1) is 0 Å². The minimum Gasteiger partial charge on any atom is -0.387 e. The fourth-order valence-electron chi connectivity index (χ4n) is 2.88. The predicted molar refractivity (Wildman–Crippen MR) is 89.7 cm³/mol. The Morgan fingerprint density at radius 1 is 1.20 bits per heavy atom. The highest BCUT2D eigenvalue weighted by molar-refractivity contribution is 5.92. The van der Waals surface area contributed by atoms with Crippen LogP contribution >= 0.6 is 0 Å². The second-order valence-electron chi connectivity index (χ2n) is 6.40. The van der Waals surface area contributed by atoms with Gasteiger partial charge in [0.1, 0.15) is 11.6 Å². The Balaban J connectivity index is 1.71. The Labute approximate surface area is 144 Å². The number of carbonyl (C=O) groups is 1. The molecule has 1 amide bonds. The molecule has 0 aromatic heterocycles. The van der Waals surface area contributed by atoms with Crippen molar-refractivity contribution in [3.8, 4) is 0 Å². The Bertz CT molecular complexity index is 761. The molecular weight excluding hydrogens is 326 g/mol. The summed E-state index contributed by atoms with van der Waals surface area (Å²) in [6, 6.07) is 10.4. The van der Waals surface area contributed by atoms with Crippen LogP contribution in [0.3, 0.4) is 0 Å². The van der Waals surface area contributed by atoms with Crippen LogP contribution in [0.4, 0.5) is 8.78 Å². The van der Waals surface area contributed by atoms with Gasteiger partial charge in [-0.2, -0.15) is 0 Å². The van der Waals surface area contributed by atoms with E-state index in [1.807, 2.05) is 17.0 Å². The number of carbonyl (C=O) groups excluding carboxylic acids is 1. The van der Waals surface area contributed by atoms with Crippen molar-refractivity contribution in [2.75, 3.05) is 6.54 Å². The minimum atomic E-state index is -1.11. The zero-order chi connectivity index (χ0) is 18.0. The summed E-state index contributed by atoms with van der Waals surface area (Å²) in [6.45, 7) is 0.764. The van der Waals surface area contributed by atoms with Crippen molar-refractivity contribution >= 4 is 5.91 Å². The molecule has 1 aliphatic rings. The molecule has 0 aliphatic heterocycles. The highest BCUT2D eigenvalue weighted by Crippen LogP contribution is 2.31. The summed E-state index contributed by atoms with van der Waals surface area (Å²) in [4.78, 5) is 13.2. The van der Waals surface area contributed by atoms with Gasteiger partial charge in [0.2, 0.25) is 5.91 Å². The van der Waals surface area contributed by atoms with Gasteiger partial charge < -0.3 is 10.8 Å². The molecule has 0 bridgehead atoms. The molecule has 1 unspecified atom stereocenters. The summed E-state index contributed by atoms with van der Waals surface area (Å²) in [6.07, 6.45) is 0.913. The van der Waals surface area contributed by atoms with Crippen molar-refractivity contribution in [1.82, 2.24) is 4.90 Å². The van der Waals surface area contributed by atoms with Gasteiger partial charge in [0.15, 0.2) is 0 Å². The quantitative estimate of drug-likeness (QED) is 0.810. The molecule has 0 heterocycles. The molecule has 1 aliphatic carbocycles. The zero-order valence-electron chi connectivity index (χ0n) is 13.7. The fraction of sp³-hybridized carbons (Fsp3) is 0.316. The number of nitrogens with zero attached hydrogens (tertiary/aromatic N) is 1. The normalized spacial score (nSPS) is 15.4. The highest BCUT2D eigenvalue weighted by atomic mass is 19.1. The van der Waals surface area contributed by atoms with E-state index < -0.39 is 23.6 Å². The van der Waals surface area contributed by atoms with E-state index in [2.05, 4.69) is 0 Å². The molecule has 1 saturated carbocycles. The van der Waals surface area contributed by atoms with Gasteiger partial charge in [-0.1, -0.05) is 12.1 Å². The lowest BCUT2D eigenvalue weighted by Crippen LogP contribution is -2.30. The molecule has 4 nitrogen and oxygen atoms in total. The first-order valence-corrected chi connectivity index (χ1v) is 8.20. The lowest BCUT2D eigenvalue weighted by molar-refractivity contribution is 0.1000. The number of hydrogen-bond donors (Lipinski definition) is 2. The summed E-state index contributed by atoms with van der Waals surface area (Å²) in [5, 5.41) is 10.4. The van der Waals surface area contributed by atoms with Crippen LogP contribution in [-0.2, 0) is 6.54 Å². The van der Waals surface area contributed by atoms with Gasteiger partial charge >= 0.3 is 0 Å². The third-order valence-corrected chi connectivity index (χ3v) is 4.41. The number of rotatable bonds is 7. The summed E-state index contributed by atoms with van der Waals surface area (Å²) in [5.74, 6) is -1.67. The molecule has 2 aromatic carbocycles. The first-order chi connectivity index (χ1) is 11.9. The van der Waals surface area contributed by atoms with Gasteiger partial charge in [0.25, 0.3) is 0 Å². The zero-order valence-corrected chi connectivity index (χ0v) is 13.7. The molecule has 1 atom stereocenters. The number of hydrogen-bond acceptors (Lipinski definition) is 3. The van der Waals surface area contributed by atoms with Crippen molar-refractivity contribution in [2.24, 2.45) is 5.73 Å². The summed E-state index contributed by atoms with van der Waals surface area (Å²) >= 11 is 0. The van der Waals surface area contributed by atoms with Gasteiger partial charge in [0.05, 0.1) is 6.10 Å². The smallest absolute Gasteiger partial charge is 0.248 e. The molecule has 25 heavy (non-hydrogen) atoms. The molecule has 2 aromatic rings. The van der Waals surface area contributed by atoms with Gasteiger partial charge in [-0.05, 0) is 48.7 Å². The fourth-order valence-corrected chi connectivity index (χ4v) is 2.88. The van der Waals surface area contributed by atoms with Crippen LogP contribution in [-0.4, -0.2) is 28.5 Å².